The molecule has 0 aliphatic carbocycles. The van der Waals surface area contributed by atoms with Gasteiger partial charge in [-0.2, -0.15) is 0 Å². The molecule has 2 aromatic rings. The van der Waals surface area contributed by atoms with Gasteiger partial charge in [0.05, 0.1) is 23.6 Å². The quantitative estimate of drug-likeness (QED) is 0.459. The van der Waals surface area contributed by atoms with Gasteiger partial charge in [-0.25, -0.2) is 5.48 Å². The Hall–Kier alpha value is -2.03. The highest BCUT2D eigenvalue weighted by molar-refractivity contribution is 6.38. The van der Waals surface area contributed by atoms with E-state index in [1.165, 1.54) is 7.11 Å². The van der Waals surface area contributed by atoms with Crippen LogP contribution in [0.15, 0.2) is 30.3 Å². The molecule has 2 N–H and O–H groups in total. The molecule has 2 saturated heterocycles. The van der Waals surface area contributed by atoms with Gasteiger partial charge < -0.3 is 9.64 Å². The van der Waals surface area contributed by atoms with Crippen molar-refractivity contribution in [1.29, 1.82) is 0 Å². The van der Waals surface area contributed by atoms with Crippen LogP contribution >= 0.6 is 34.8 Å². The maximum Gasteiger partial charge on any atom is 0.257 e. The second kappa shape index (κ2) is 10.1. The first-order valence-electron chi connectivity index (χ1n) is 10.6. The molecule has 0 radical (unpaired) electrons. The van der Waals surface area contributed by atoms with Crippen molar-refractivity contribution in [2.75, 3.05) is 33.3 Å². The SMILES string of the molecule is COc1cc(Cl)c(-c2cc(Cl)ccc2Cl)cc1C(=O)N1CCCC(N2CC(C(=O)NO)C2)C1. The van der Waals surface area contributed by atoms with Gasteiger partial charge >= 0.3 is 0 Å². The first-order valence-corrected chi connectivity index (χ1v) is 11.8. The molecule has 1 atom stereocenters. The average Bonchev–Trinajstić information content (AvgIpc) is 2.79. The highest BCUT2D eigenvalue weighted by Gasteiger charge is 2.39. The average molecular weight is 513 g/mol. The summed E-state index contributed by atoms with van der Waals surface area (Å²) in [5, 5.41) is 10.2. The number of halogens is 3. The predicted molar refractivity (Wildman–Crippen MR) is 127 cm³/mol. The van der Waals surface area contributed by atoms with Crippen molar-refractivity contribution < 1.29 is 19.5 Å². The number of methoxy groups -OCH3 is 1. The topological polar surface area (TPSA) is 82.1 Å². The van der Waals surface area contributed by atoms with Crippen LogP contribution in [0.5, 0.6) is 5.75 Å². The highest BCUT2D eigenvalue weighted by atomic mass is 35.5. The van der Waals surface area contributed by atoms with Crippen LogP contribution in [0.4, 0.5) is 0 Å². The lowest BCUT2D eigenvalue weighted by molar-refractivity contribution is -0.140. The number of ether oxygens (including phenoxy) is 1. The molecule has 10 heteroatoms. The Balaban J connectivity index is 1.57. The summed E-state index contributed by atoms with van der Waals surface area (Å²) < 4.78 is 5.47. The number of carbonyl (C=O) groups is 2. The zero-order valence-corrected chi connectivity index (χ0v) is 20.3. The second-order valence-corrected chi connectivity index (χ2v) is 9.58. The van der Waals surface area contributed by atoms with Crippen molar-refractivity contribution in [2.45, 2.75) is 18.9 Å². The molecule has 0 saturated carbocycles. The zero-order chi connectivity index (χ0) is 23.7. The molecular formula is C23H24Cl3N3O4. The van der Waals surface area contributed by atoms with Crippen molar-refractivity contribution in [1.82, 2.24) is 15.3 Å². The number of nitrogens with zero attached hydrogens (tertiary/aromatic N) is 2. The van der Waals surface area contributed by atoms with Gasteiger partial charge in [-0.1, -0.05) is 34.8 Å². The number of benzene rings is 2. The summed E-state index contributed by atoms with van der Waals surface area (Å²) in [6.45, 7) is 2.32. The van der Waals surface area contributed by atoms with Crippen LogP contribution in [0.3, 0.4) is 0 Å². The Morgan fingerprint density at radius 2 is 1.79 bits per heavy atom. The van der Waals surface area contributed by atoms with Gasteiger partial charge in [-0.3, -0.25) is 19.7 Å². The first kappa shape index (κ1) is 24.1. The molecule has 2 aliphatic rings. The van der Waals surface area contributed by atoms with E-state index >= 15 is 0 Å². The zero-order valence-electron chi connectivity index (χ0n) is 18.0. The third-order valence-electron chi connectivity index (χ3n) is 6.33. The van der Waals surface area contributed by atoms with E-state index in [9.17, 15) is 9.59 Å². The van der Waals surface area contributed by atoms with E-state index in [0.29, 0.717) is 63.7 Å². The van der Waals surface area contributed by atoms with E-state index in [4.69, 9.17) is 44.7 Å². The molecule has 4 rings (SSSR count). The largest absolute Gasteiger partial charge is 0.496 e. The summed E-state index contributed by atoms with van der Waals surface area (Å²) in [5.74, 6) is -0.356. The number of hydrogen-bond donors (Lipinski definition) is 2. The Morgan fingerprint density at radius 3 is 2.48 bits per heavy atom. The van der Waals surface area contributed by atoms with Crippen LogP contribution < -0.4 is 10.2 Å². The summed E-state index contributed by atoms with van der Waals surface area (Å²) in [6.07, 6.45) is 1.80. The molecule has 0 bridgehead atoms. The van der Waals surface area contributed by atoms with E-state index in [-0.39, 0.29) is 23.8 Å². The smallest absolute Gasteiger partial charge is 0.257 e. The molecule has 176 valence electrons. The molecule has 0 aromatic heterocycles. The molecule has 2 aliphatic heterocycles. The molecule has 7 nitrogen and oxygen atoms in total. The Labute approximate surface area is 207 Å². The fraction of sp³-hybridized carbons (Fsp3) is 0.391. The van der Waals surface area contributed by atoms with E-state index in [2.05, 4.69) is 4.90 Å². The summed E-state index contributed by atoms with van der Waals surface area (Å²) >= 11 is 19.1. The maximum absolute atomic E-state index is 13.5. The third-order valence-corrected chi connectivity index (χ3v) is 7.21. The van der Waals surface area contributed by atoms with Crippen LogP contribution in [0, 0.1) is 5.92 Å². The third kappa shape index (κ3) is 4.93. The highest BCUT2D eigenvalue weighted by Crippen LogP contribution is 2.39. The summed E-state index contributed by atoms with van der Waals surface area (Å²) in [7, 11) is 1.50. The minimum Gasteiger partial charge on any atom is -0.496 e. The normalized spacial score (nSPS) is 19.2. The van der Waals surface area contributed by atoms with Crippen molar-refractivity contribution >= 4 is 46.6 Å². The molecule has 2 aromatic carbocycles. The molecule has 1 unspecified atom stereocenters. The standard InChI is InChI=1S/C23H24Cl3N3O4/c1-33-21-9-20(26)17(16-7-14(24)4-5-19(16)25)8-18(21)23(31)28-6-2-3-15(12-28)29-10-13(11-29)22(30)27-32/h4-5,7-9,13,15,32H,2-3,6,10-12H2,1H3,(H,27,30). The van der Waals surface area contributed by atoms with Gasteiger partial charge in [-0.05, 0) is 37.1 Å². The summed E-state index contributed by atoms with van der Waals surface area (Å²) in [5.41, 5.74) is 3.34. The van der Waals surface area contributed by atoms with Crippen LogP contribution in [0.1, 0.15) is 23.2 Å². The number of likely N-dealkylation sites (tertiary alicyclic amines) is 2. The van der Waals surface area contributed by atoms with Gasteiger partial charge in [-0.15, -0.1) is 0 Å². The molecule has 0 spiro atoms. The molecule has 2 amide bonds. The van der Waals surface area contributed by atoms with Crippen LogP contribution in [0.2, 0.25) is 15.1 Å². The maximum atomic E-state index is 13.5. The number of rotatable bonds is 5. The number of nitrogens with one attached hydrogen (secondary N) is 1. The van der Waals surface area contributed by atoms with E-state index in [1.54, 1.807) is 35.8 Å². The van der Waals surface area contributed by atoms with Crippen molar-refractivity contribution in [3.63, 3.8) is 0 Å². The van der Waals surface area contributed by atoms with Gasteiger partial charge in [0, 0.05) is 59.5 Å². The Kier molecular flexibility index (Phi) is 7.36. The molecular weight excluding hydrogens is 489 g/mol. The van der Waals surface area contributed by atoms with E-state index in [1.807, 2.05) is 4.90 Å². The van der Waals surface area contributed by atoms with Crippen LogP contribution in [-0.2, 0) is 4.79 Å². The van der Waals surface area contributed by atoms with Gasteiger partial charge in [0.2, 0.25) is 5.91 Å². The number of piperidine rings is 1. The van der Waals surface area contributed by atoms with Crippen LogP contribution in [-0.4, -0.2) is 66.2 Å². The second-order valence-electron chi connectivity index (χ2n) is 8.33. The minimum atomic E-state index is -0.368. The van der Waals surface area contributed by atoms with Crippen LogP contribution in [0.25, 0.3) is 11.1 Å². The Bertz CT molecular complexity index is 1080. The predicted octanol–water partition coefficient (Wildman–Crippen LogP) is 4.36. The lowest BCUT2D eigenvalue weighted by Gasteiger charge is -2.46. The summed E-state index contributed by atoms with van der Waals surface area (Å²) in [4.78, 5) is 29.1. The molecule has 2 heterocycles. The van der Waals surface area contributed by atoms with Crippen molar-refractivity contribution in [3.8, 4) is 16.9 Å². The fourth-order valence-corrected chi connectivity index (χ4v) is 5.12. The van der Waals surface area contributed by atoms with Crippen molar-refractivity contribution in [3.05, 3.63) is 51.0 Å². The van der Waals surface area contributed by atoms with Crippen molar-refractivity contribution in [2.24, 2.45) is 5.92 Å². The number of hydroxylamine groups is 1. The van der Waals surface area contributed by atoms with Gasteiger partial charge in [0.1, 0.15) is 5.75 Å². The molecule has 2 fully saturated rings. The number of carbonyl (C=O) groups excluding carboxylic acids is 2. The lowest BCUT2D eigenvalue weighted by Crippen LogP contribution is -2.60. The van der Waals surface area contributed by atoms with Gasteiger partial charge in [0.25, 0.3) is 5.91 Å². The number of amides is 2. The summed E-state index contributed by atoms with van der Waals surface area (Å²) in [6, 6.07) is 8.58. The fourth-order valence-electron chi connectivity index (χ4n) is 4.48. The van der Waals surface area contributed by atoms with Gasteiger partial charge in [0.15, 0.2) is 0 Å². The van der Waals surface area contributed by atoms with E-state index < -0.39 is 0 Å². The Morgan fingerprint density at radius 1 is 1.06 bits per heavy atom. The molecule has 33 heavy (non-hydrogen) atoms. The van der Waals surface area contributed by atoms with E-state index in [0.717, 1.165) is 12.8 Å². The number of hydrogen-bond acceptors (Lipinski definition) is 5. The lowest BCUT2D eigenvalue weighted by atomic mass is 9.93. The minimum absolute atomic E-state index is 0.155. The monoisotopic (exact) mass is 511 g/mol. The first-order chi connectivity index (χ1) is 15.8.